The monoisotopic (exact) mass is 535 g/mol. The van der Waals surface area contributed by atoms with E-state index in [9.17, 15) is 13.2 Å². The highest BCUT2D eigenvalue weighted by Gasteiger charge is 2.21. The number of benzene rings is 3. The summed E-state index contributed by atoms with van der Waals surface area (Å²) in [6, 6.07) is 22.0. The zero-order valence-corrected chi connectivity index (χ0v) is 22.2. The van der Waals surface area contributed by atoms with Crippen LogP contribution in [0.2, 0.25) is 0 Å². The van der Waals surface area contributed by atoms with Gasteiger partial charge in [-0.15, -0.1) is 0 Å². The Morgan fingerprint density at radius 2 is 1.65 bits per heavy atom. The van der Waals surface area contributed by atoms with Crippen LogP contribution in [0.3, 0.4) is 0 Å². The van der Waals surface area contributed by atoms with E-state index in [2.05, 4.69) is 38.0 Å². The molecule has 0 unspecified atom stereocenters. The summed E-state index contributed by atoms with van der Waals surface area (Å²) in [5, 5.41) is 3.86. The molecule has 2 N–H and O–H groups in total. The Balaban J connectivity index is 1.19. The maximum absolute atomic E-state index is 13.0. The first-order chi connectivity index (χ1) is 17.9. The van der Waals surface area contributed by atoms with Crippen molar-refractivity contribution in [2.75, 3.05) is 47.7 Å². The summed E-state index contributed by atoms with van der Waals surface area (Å²) >= 11 is 1.55. The predicted molar refractivity (Wildman–Crippen MR) is 150 cm³/mol. The second-order valence-electron chi connectivity index (χ2n) is 9.05. The van der Waals surface area contributed by atoms with Crippen LogP contribution in [0.15, 0.2) is 77.7 Å². The van der Waals surface area contributed by atoms with Crippen LogP contribution >= 0.6 is 11.5 Å². The number of rotatable bonds is 8. The number of sulfonamides is 1. The summed E-state index contributed by atoms with van der Waals surface area (Å²) in [5.41, 5.74) is 2.09. The van der Waals surface area contributed by atoms with Crippen LogP contribution < -0.4 is 14.9 Å². The summed E-state index contributed by atoms with van der Waals surface area (Å²) in [5.74, 6) is 0.866. The minimum absolute atomic E-state index is 0.141. The van der Waals surface area contributed by atoms with Gasteiger partial charge in [-0.05, 0) is 66.0 Å². The van der Waals surface area contributed by atoms with Crippen LogP contribution in [0.1, 0.15) is 12.5 Å². The van der Waals surface area contributed by atoms with E-state index in [1.54, 1.807) is 29.7 Å². The maximum atomic E-state index is 13.0. The van der Waals surface area contributed by atoms with Crippen molar-refractivity contribution in [2.24, 2.45) is 0 Å². The first kappa shape index (κ1) is 25.2. The molecule has 0 aliphatic carbocycles. The number of nitrogens with one attached hydrogen (secondary N) is 2. The third kappa shape index (κ3) is 5.93. The molecular weight excluding hydrogens is 506 g/mol. The van der Waals surface area contributed by atoms with E-state index in [0.29, 0.717) is 11.4 Å². The van der Waals surface area contributed by atoms with Gasteiger partial charge in [-0.3, -0.25) is 14.4 Å². The molecule has 0 radical (unpaired) electrons. The number of hydrogen-bond donors (Lipinski definition) is 2. The van der Waals surface area contributed by atoms with Crippen molar-refractivity contribution in [2.45, 2.75) is 18.2 Å². The SMILES string of the molecule is CC(=O)Nc1ccc(S(=O)(=O)Nc2ccccc2CCN2CCN(c3nsc4ccccc34)CC2)cc1. The number of anilines is 3. The molecule has 192 valence electrons. The van der Waals surface area contributed by atoms with Gasteiger partial charge in [-0.25, -0.2) is 8.42 Å². The van der Waals surface area contributed by atoms with Crippen LogP contribution in [0.4, 0.5) is 17.2 Å². The number of fused-ring (bicyclic) bond motifs is 1. The molecule has 0 atom stereocenters. The Labute approximate surface area is 221 Å². The lowest BCUT2D eigenvalue weighted by Gasteiger charge is -2.35. The van der Waals surface area contributed by atoms with Gasteiger partial charge >= 0.3 is 0 Å². The Kier molecular flexibility index (Phi) is 7.40. The summed E-state index contributed by atoms with van der Waals surface area (Å²) in [6.07, 6.45) is 0.736. The number of aromatic nitrogens is 1. The van der Waals surface area contributed by atoms with Gasteiger partial charge in [0.2, 0.25) is 5.91 Å². The molecule has 37 heavy (non-hydrogen) atoms. The van der Waals surface area contributed by atoms with Gasteiger partial charge in [0.05, 0.1) is 15.3 Å². The lowest BCUT2D eigenvalue weighted by molar-refractivity contribution is -0.114. The lowest BCUT2D eigenvalue weighted by atomic mass is 10.1. The molecule has 1 saturated heterocycles. The summed E-state index contributed by atoms with van der Waals surface area (Å²) in [4.78, 5) is 16.1. The van der Waals surface area contributed by atoms with Crippen LogP contribution in [0, 0.1) is 0 Å². The number of para-hydroxylation sites is 1. The third-order valence-corrected chi connectivity index (χ3v) is 8.67. The van der Waals surface area contributed by atoms with E-state index >= 15 is 0 Å². The van der Waals surface area contributed by atoms with Crippen LogP contribution in [-0.2, 0) is 21.2 Å². The van der Waals surface area contributed by atoms with Crippen molar-refractivity contribution < 1.29 is 13.2 Å². The minimum atomic E-state index is -3.76. The Bertz CT molecular complexity index is 1490. The van der Waals surface area contributed by atoms with Crippen LogP contribution in [0.5, 0.6) is 0 Å². The largest absolute Gasteiger partial charge is 0.353 e. The van der Waals surface area contributed by atoms with Crippen LogP contribution in [0.25, 0.3) is 10.1 Å². The minimum Gasteiger partial charge on any atom is -0.353 e. The molecule has 1 amide bonds. The highest BCUT2D eigenvalue weighted by atomic mass is 32.2. The number of hydrogen-bond acceptors (Lipinski definition) is 7. The molecule has 1 aliphatic heterocycles. The molecule has 10 heteroatoms. The average Bonchev–Trinajstić information content (AvgIpc) is 3.33. The van der Waals surface area contributed by atoms with E-state index in [1.807, 2.05) is 24.3 Å². The van der Waals surface area contributed by atoms with E-state index in [0.717, 1.165) is 50.5 Å². The second kappa shape index (κ2) is 10.9. The van der Waals surface area contributed by atoms with Crippen molar-refractivity contribution in [3.8, 4) is 0 Å². The lowest BCUT2D eigenvalue weighted by Crippen LogP contribution is -2.47. The number of carbonyl (C=O) groups is 1. The van der Waals surface area contributed by atoms with Gasteiger partial charge in [0, 0.05) is 50.7 Å². The number of amides is 1. The van der Waals surface area contributed by atoms with Crippen molar-refractivity contribution in [1.82, 2.24) is 9.27 Å². The van der Waals surface area contributed by atoms with Crippen LogP contribution in [-0.4, -0.2) is 56.3 Å². The fourth-order valence-corrected chi connectivity index (χ4v) is 6.42. The van der Waals surface area contributed by atoms with Gasteiger partial charge in [-0.1, -0.05) is 30.3 Å². The maximum Gasteiger partial charge on any atom is 0.261 e. The van der Waals surface area contributed by atoms with Gasteiger partial charge in [-0.2, -0.15) is 4.37 Å². The molecule has 5 rings (SSSR count). The second-order valence-corrected chi connectivity index (χ2v) is 11.5. The molecule has 1 aromatic heterocycles. The predicted octanol–water partition coefficient (Wildman–Crippen LogP) is 4.42. The molecule has 0 bridgehead atoms. The standard InChI is InChI=1S/C27H29N5O3S2/c1-20(33)28-22-10-12-23(13-11-22)37(34,35)30-25-8-4-2-6-21(25)14-15-31-16-18-32(19-17-31)27-24-7-3-5-9-26(24)36-29-27/h2-13,30H,14-19H2,1H3,(H,28,33). The highest BCUT2D eigenvalue weighted by Crippen LogP contribution is 2.30. The molecule has 0 spiro atoms. The quantitative estimate of drug-likeness (QED) is 0.347. The molecule has 4 aromatic rings. The average molecular weight is 536 g/mol. The summed E-state index contributed by atoms with van der Waals surface area (Å²) < 4.78 is 34.7. The van der Waals surface area contributed by atoms with E-state index < -0.39 is 10.0 Å². The van der Waals surface area contributed by atoms with E-state index in [1.165, 1.54) is 29.1 Å². The number of piperazine rings is 1. The van der Waals surface area contributed by atoms with E-state index in [-0.39, 0.29) is 10.8 Å². The van der Waals surface area contributed by atoms with Crippen molar-refractivity contribution in [3.05, 3.63) is 78.4 Å². The fraction of sp³-hybridized carbons (Fsp3) is 0.259. The Morgan fingerprint density at radius 3 is 2.41 bits per heavy atom. The first-order valence-electron chi connectivity index (χ1n) is 12.2. The molecule has 1 aliphatic rings. The zero-order chi connectivity index (χ0) is 25.8. The Hall–Kier alpha value is -3.47. The van der Waals surface area contributed by atoms with Crippen molar-refractivity contribution >= 4 is 54.7 Å². The number of carbonyl (C=O) groups excluding carboxylic acids is 1. The highest BCUT2D eigenvalue weighted by molar-refractivity contribution is 7.92. The van der Waals surface area contributed by atoms with Gasteiger partial charge < -0.3 is 10.2 Å². The fourth-order valence-electron chi connectivity index (χ4n) is 4.52. The topological polar surface area (TPSA) is 94.6 Å². The summed E-state index contributed by atoms with van der Waals surface area (Å²) in [7, 11) is -3.76. The number of nitrogens with zero attached hydrogens (tertiary/aromatic N) is 3. The van der Waals surface area contributed by atoms with Gasteiger partial charge in [0.25, 0.3) is 10.0 Å². The first-order valence-corrected chi connectivity index (χ1v) is 14.4. The normalized spacial score (nSPS) is 14.6. The van der Waals surface area contributed by atoms with Gasteiger partial charge in [0.15, 0.2) is 0 Å². The van der Waals surface area contributed by atoms with Crippen molar-refractivity contribution in [3.63, 3.8) is 0 Å². The van der Waals surface area contributed by atoms with Crippen molar-refractivity contribution in [1.29, 1.82) is 0 Å². The molecule has 0 saturated carbocycles. The molecule has 1 fully saturated rings. The summed E-state index contributed by atoms with van der Waals surface area (Å²) in [6.45, 7) is 5.94. The molecular formula is C27H29N5O3S2. The van der Waals surface area contributed by atoms with E-state index in [4.69, 9.17) is 4.37 Å². The third-order valence-electron chi connectivity index (χ3n) is 6.47. The smallest absolute Gasteiger partial charge is 0.261 e. The zero-order valence-electron chi connectivity index (χ0n) is 20.6. The Morgan fingerprint density at radius 1 is 0.946 bits per heavy atom. The molecule has 3 aromatic carbocycles. The molecule has 2 heterocycles. The van der Waals surface area contributed by atoms with Gasteiger partial charge in [0.1, 0.15) is 5.82 Å². The molecule has 8 nitrogen and oxygen atoms in total.